The topological polar surface area (TPSA) is 66.5 Å². The molecule has 0 heterocycles. The zero-order chi connectivity index (χ0) is 17.7. The van der Waals surface area contributed by atoms with Gasteiger partial charge in [-0.1, -0.05) is 47.5 Å². The summed E-state index contributed by atoms with van der Waals surface area (Å²) >= 11 is 12.2. The number of rotatable bonds is 6. The van der Waals surface area contributed by atoms with E-state index in [1.54, 1.807) is 36.4 Å². The monoisotopic (exact) mass is 386 g/mol. The number of anilines is 1. The van der Waals surface area contributed by atoms with Gasteiger partial charge in [0, 0.05) is 20.0 Å². The highest BCUT2D eigenvalue weighted by atomic mass is 35.5. The maximum atomic E-state index is 12.2. The van der Waals surface area contributed by atoms with Crippen LogP contribution in [-0.4, -0.2) is 27.4 Å². The molecule has 0 saturated heterocycles. The van der Waals surface area contributed by atoms with Gasteiger partial charge in [0.15, 0.2) is 0 Å². The molecule has 2 aromatic carbocycles. The molecule has 0 unspecified atom stereocenters. The second kappa shape index (κ2) is 7.98. The standard InChI is InChI=1S/C16H16Cl2N2O3S/c1-12(21)20(16-14(17)8-5-9-15(16)18)11-10-19-24(22,23)13-6-3-2-4-7-13/h2-9,19H,10-11H2,1H3. The average molecular weight is 387 g/mol. The van der Waals surface area contributed by atoms with Crippen molar-refractivity contribution in [2.24, 2.45) is 0 Å². The summed E-state index contributed by atoms with van der Waals surface area (Å²) in [4.78, 5) is 13.4. The molecule has 0 saturated carbocycles. The van der Waals surface area contributed by atoms with Crippen molar-refractivity contribution in [1.29, 1.82) is 0 Å². The van der Waals surface area contributed by atoms with E-state index in [1.165, 1.54) is 24.0 Å². The first-order valence-corrected chi connectivity index (χ1v) is 9.33. The lowest BCUT2D eigenvalue weighted by molar-refractivity contribution is -0.116. The lowest BCUT2D eigenvalue weighted by atomic mass is 10.2. The third kappa shape index (κ3) is 4.48. The molecule has 0 aliphatic heterocycles. The first-order valence-electron chi connectivity index (χ1n) is 7.10. The molecule has 8 heteroatoms. The molecular formula is C16H16Cl2N2O3S. The quantitative estimate of drug-likeness (QED) is 0.827. The van der Waals surface area contributed by atoms with Crippen LogP contribution in [0, 0.1) is 0 Å². The number of carbonyl (C=O) groups is 1. The second-order valence-electron chi connectivity index (χ2n) is 4.95. The van der Waals surface area contributed by atoms with Crippen LogP contribution in [0.4, 0.5) is 5.69 Å². The van der Waals surface area contributed by atoms with E-state index in [-0.39, 0.29) is 23.9 Å². The van der Waals surface area contributed by atoms with E-state index < -0.39 is 10.0 Å². The summed E-state index contributed by atoms with van der Waals surface area (Å²) in [5.74, 6) is -0.288. The van der Waals surface area contributed by atoms with Crippen LogP contribution in [0.2, 0.25) is 10.0 Å². The van der Waals surface area contributed by atoms with E-state index in [9.17, 15) is 13.2 Å². The van der Waals surface area contributed by atoms with E-state index in [4.69, 9.17) is 23.2 Å². The Balaban J connectivity index is 2.12. The Labute approximate surface area is 151 Å². The van der Waals surface area contributed by atoms with Crippen LogP contribution in [0.1, 0.15) is 6.92 Å². The molecule has 24 heavy (non-hydrogen) atoms. The number of amides is 1. The van der Waals surface area contributed by atoms with Crippen LogP contribution in [0.5, 0.6) is 0 Å². The second-order valence-corrected chi connectivity index (χ2v) is 7.53. The summed E-state index contributed by atoms with van der Waals surface area (Å²) in [6.45, 7) is 1.49. The van der Waals surface area contributed by atoms with Crippen LogP contribution in [0.3, 0.4) is 0 Å². The number of halogens is 2. The van der Waals surface area contributed by atoms with Crippen LogP contribution < -0.4 is 9.62 Å². The van der Waals surface area contributed by atoms with Gasteiger partial charge in [-0.2, -0.15) is 0 Å². The minimum absolute atomic E-state index is 0.0262. The number of hydrogen-bond donors (Lipinski definition) is 1. The molecule has 0 atom stereocenters. The predicted molar refractivity (Wildman–Crippen MR) is 96.1 cm³/mol. The van der Waals surface area contributed by atoms with Crippen molar-refractivity contribution in [2.45, 2.75) is 11.8 Å². The van der Waals surface area contributed by atoms with Gasteiger partial charge in [-0.15, -0.1) is 0 Å². The van der Waals surface area contributed by atoms with Gasteiger partial charge in [0.1, 0.15) is 0 Å². The van der Waals surface area contributed by atoms with Gasteiger partial charge in [0.25, 0.3) is 0 Å². The zero-order valence-corrected chi connectivity index (χ0v) is 15.2. The largest absolute Gasteiger partial charge is 0.309 e. The van der Waals surface area contributed by atoms with Gasteiger partial charge >= 0.3 is 0 Å². The van der Waals surface area contributed by atoms with Gasteiger partial charge < -0.3 is 4.90 Å². The Hall–Kier alpha value is -1.60. The molecule has 2 aromatic rings. The van der Waals surface area contributed by atoms with E-state index in [0.717, 1.165) is 0 Å². The zero-order valence-electron chi connectivity index (χ0n) is 12.9. The molecule has 0 aromatic heterocycles. The smallest absolute Gasteiger partial charge is 0.240 e. The summed E-state index contributed by atoms with van der Waals surface area (Å²) in [5, 5.41) is 0.646. The Kier molecular flexibility index (Phi) is 6.23. The SMILES string of the molecule is CC(=O)N(CCNS(=O)(=O)c1ccccc1)c1c(Cl)cccc1Cl. The molecule has 0 aliphatic carbocycles. The van der Waals surface area contributed by atoms with Crippen molar-refractivity contribution in [2.75, 3.05) is 18.0 Å². The average Bonchev–Trinajstić information content (AvgIpc) is 2.53. The molecule has 0 fully saturated rings. The van der Waals surface area contributed by atoms with Crippen molar-refractivity contribution >= 4 is 44.8 Å². The maximum absolute atomic E-state index is 12.2. The predicted octanol–water partition coefficient (Wildman–Crippen LogP) is 3.32. The van der Waals surface area contributed by atoms with Gasteiger partial charge in [0.2, 0.25) is 15.9 Å². The van der Waals surface area contributed by atoms with E-state index in [0.29, 0.717) is 15.7 Å². The fourth-order valence-corrected chi connectivity index (χ4v) is 3.79. The van der Waals surface area contributed by atoms with Crippen LogP contribution in [-0.2, 0) is 14.8 Å². The highest BCUT2D eigenvalue weighted by Crippen LogP contribution is 2.33. The lowest BCUT2D eigenvalue weighted by Gasteiger charge is -2.23. The molecular weight excluding hydrogens is 371 g/mol. The Morgan fingerprint density at radius 1 is 1.04 bits per heavy atom. The summed E-state index contributed by atoms with van der Waals surface area (Å²) in [6.07, 6.45) is 0. The first kappa shape index (κ1) is 18.7. The Morgan fingerprint density at radius 3 is 2.17 bits per heavy atom. The fourth-order valence-electron chi connectivity index (χ4n) is 2.15. The molecule has 1 amide bonds. The Bertz CT molecular complexity index is 806. The molecule has 128 valence electrons. The highest BCUT2D eigenvalue weighted by Gasteiger charge is 2.19. The normalized spacial score (nSPS) is 11.3. The third-order valence-corrected chi connectivity index (χ3v) is 5.36. The van der Waals surface area contributed by atoms with Gasteiger partial charge in [0.05, 0.1) is 20.6 Å². The van der Waals surface area contributed by atoms with Gasteiger partial charge in [-0.25, -0.2) is 13.1 Å². The minimum Gasteiger partial charge on any atom is -0.309 e. The number of benzene rings is 2. The van der Waals surface area contributed by atoms with E-state index >= 15 is 0 Å². The van der Waals surface area contributed by atoms with E-state index in [1.807, 2.05) is 0 Å². The molecule has 0 spiro atoms. The first-order chi connectivity index (χ1) is 11.3. The number of para-hydroxylation sites is 1. The molecule has 0 radical (unpaired) electrons. The van der Waals surface area contributed by atoms with Crippen molar-refractivity contribution in [3.05, 3.63) is 58.6 Å². The molecule has 0 bridgehead atoms. The van der Waals surface area contributed by atoms with Crippen molar-refractivity contribution in [3.8, 4) is 0 Å². The molecule has 5 nitrogen and oxygen atoms in total. The van der Waals surface area contributed by atoms with Crippen LogP contribution in [0.15, 0.2) is 53.4 Å². The number of nitrogens with zero attached hydrogens (tertiary/aromatic N) is 1. The molecule has 0 aliphatic rings. The van der Waals surface area contributed by atoms with Gasteiger partial charge in [-0.05, 0) is 24.3 Å². The van der Waals surface area contributed by atoms with Crippen molar-refractivity contribution < 1.29 is 13.2 Å². The highest BCUT2D eigenvalue weighted by molar-refractivity contribution is 7.89. The Morgan fingerprint density at radius 2 is 1.62 bits per heavy atom. The summed E-state index contributed by atoms with van der Waals surface area (Å²) in [6, 6.07) is 12.9. The summed E-state index contributed by atoms with van der Waals surface area (Å²) in [7, 11) is -3.64. The summed E-state index contributed by atoms with van der Waals surface area (Å²) < 4.78 is 26.8. The van der Waals surface area contributed by atoms with Crippen molar-refractivity contribution in [1.82, 2.24) is 4.72 Å². The molecule has 2 rings (SSSR count). The number of nitrogens with one attached hydrogen (secondary N) is 1. The number of carbonyl (C=O) groups excluding carboxylic acids is 1. The van der Waals surface area contributed by atoms with Crippen LogP contribution >= 0.6 is 23.2 Å². The molecule has 1 N–H and O–H groups in total. The third-order valence-electron chi connectivity index (χ3n) is 3.27. The maximum Gasteiger partial charge on any atom is 0.240 e. The van der Waals surface area contributed by atoms with E-state index in [2.05, 4.69) is 4.72 Å². The lowest BCUT2D eigenvalue weighted by Crippen LogP contribution is -2.37. The number of sulfonamides is 1. The fraction of sp³-hybridized carbons (Fsp3) is 0.188. The summed E-state index contributed by atoms with van der Waals surface area (Å²) in [5.41, 5.74) is 0.368. The van der Waals surface area contributed by atoms with Crippen molar-refractivity contribution in [3.63, 3.8) is 0 Å². The number of hydrogen-bond acceptors (Lipinski definition) is 3. The minimum atomic E-state index is -3.64. The van der Waals surface area contributed by atoms with Crippen LogP contribution in [0.25, 0.3) is 0 Å². The van der Waals surface area contributed by atoms with Gasteiger partial charge in [-0.3, -0.25) is 4.79 Å².